The summed E-state index contributed by atoms with van der Waals surface area (Å²) in [7, 11) is 0. The fraction of sp³-hybridized carbons (Fsp3) is 0.472. The second kappa shape index (κ2) is 49.6. The van der Waals surface area contributed by atoms with Crippen molar-refractivity contribution in [2.75, 3.05) is 13.1 Å². The molecule has 0 unspecified atom stereocenters. The summed E-state index contributed by atoms with van der Waals surface area (Å²) in [4.78, 5) is 244. The van der Waals surface area contributed by atoms with Gasteiger partial charge in [0.2, 0.25) is 35.4 Å². The van der Waals surface area contributed by atoms with Crippen molar-refractivity contribution in [3.05, 3.63) is 102 Å². The molecule has 0 aliphatic heterocycles. The molecule has 0 heterocycles. The Morgan fingerprint density at radius 2 is 0.811 bits per heavy atom. The molecule has 0 spiro atoms. The Balaban J connectivity index is 2.29. The number of Topliss-reactive ketones (excluding diaryl/α,β-unsaturated/α-hetero) is 4. The number of aldehydes is 8. The first-order chi connectivity index (χ1) is 52.7. The standard InChI is InChI=1S/C72H102N20O19/c1-41(33-93)81-55(67(109)89-64(86-48(36-96)18-12-24-80-71(77)78)57(103)29-54(62(74)108)84-47(35-95)17-11-23-79-70(75)76)30-59(105)65(88-50(38-98)26-46-19-21-53(102)22-20-46)91-69(111)72(4,92-52(40-100)27-45-15-9-6-10-16-45)32-60(106)66(82-42(2)34-94)90-68(110)56(85-51(39-99)28-61(73)107)31-58(104)63(83-43(3)101)87-49(37-97)25-44-13-7-5-8-14-44/h5-10,13-16,19-22,33-42,47-52,54-56,63-66,81-82,84-88,92,102H,11-12,17-18,23-32H2,1-4H3,(H2,73,107)(H2,74,108)(H,83,101)(H,89,109)(H,90,110)(H,91,111)(H4,75,76,79)(H4,77,78,80)/t41-,42-,47-,48-,49-,50-,51-,52-,54+,55+,56+,63-,64+,65+,66+,72+/m0/s1. The lowest BCUT2D eigenvalue weighted by Crippen LogP contribution is -2.67. The fourth-order valence-electron chi connectivity index (χ4n) is 11.2. The molecule has 0 aliphatic carbocycles. The fourth-order valence-corrected chi connectivity index (χ4v) is 11.2. The average molecular weight is 1550 g/mol. The summed E-state index contributed by atoms with van der Waals surface area (Å²) in [5.41, 5.74) is 20.9. The lowest BCUT2D eigenvalue weighted by molar-refractivity contribution is -0.138. The number of primary amides is 2. The SMILES string of the molecule is CC(=O)N[C@@H](N[C@H](C=O)Cc1ccccc1)C(=O)C[C@@H](N[C@H](C=O)CC(N)=O)C(=O)N[C@@H](N[C@@H](C)C=O)C(=O)C[C@@](C)(N[C@H](C=O)Cc1ccccc1)C(=O)N[C@@H](N[C@H](C=O)Cc1ccc(O)cc1)C(=O)C[C@@H](N[C@@H](C)C=O)C(=O)N[C@@H](N[C@H](C=O)CCCNC(=N)N)C(=O)C[C@@H](N[C@H](C=O)CCCNC(=N)N)C(N)=O. The number of amides is 6. The smallest absolute Gasteiger partial charge is 0.242 e. The summed E-state index contributed by atoms with van der Waals surface area (Å²) in [6.07, 6.45) is -10.2. The van der Waals surface area contributed by atoms with Crippen molar-refractivity contribution < 1.29 is 91.4 Å². The zero-order valence-electron chi connectivity index (χ0n) is 61.9. The Kier molecular flexibility index (Phi) is 41.9. The van der Waals surface area contributed by atoms with Crippen LogP contribution in [0.2, 0.25) is 0 Å². The first kappa shape index (κ1) is 93.7. The third kappa shape index (κ3) is 35.6. The van der Waals surface area contributed by atoms with Crippen molar-refractivity contribution in [2.24, 2.45) is 22.9 Å². The second-order valence-corrected chi connectivity index (χ2v) is 26.5. The van der Waals surface area contributed by atoms with Crippen LogP contribution >= 0.6 is 0 Å². The van der Waals surface area contributed by atoms with Gasteiger partial charge < -0.3 is 98.3 Å². The molecule has 3 aromatic carbocycles. The van der Waals surface area contributed by atoms with Gasteiger partial charge in [-0.05, 0) is 94.5 Å². The van der Waals surface area contributed by atoms with E-state index in [9.17, 15) is 77.0 Å². The summed E-state index contributed by atoms with van der Waals surface area (Å²) in [5.74, 6) is -12.3. The monoisotopic (exact) mass is 1550 g/mol. The Morgan fingerprint density at radius 3 is 1.23 bits per heavy atom. The van der Waals surface area contributed by atoms with Crippen LogP contribution in [0.25, 0.3) is 0 Å². The number of nitrogens with one attached hydrogen (secondary N) is 16. The molecule has 604 valence electrons. The Morgan fingerprint density at radius 1 is 0.432 bits per heavy atom. The van der Waals surface area contributed by atoms with Gasteiger partial charge in [-0.1, -0.05) is 72.8 Å². The van der Waals surface area contributed by atoms with E-state index in [0.717, 1.165) is 13.8 Å². The number of guanidine groups is 2. The molecule has 0 aliphatic rings. The Labute approximate surface area is 639 Å². The molecular weight excluding hydrogens is 1450 g/mol. The van der Waals surface area contributed by atoms with E-state index in [2.05, 4.69) is 74.4 Å². The van der Waals surface area contributed by atoms with Gasteiger partial charge in [0.15, 0.2) is 35.1 Å². The minimum atomic E-state index is -2.50. The van der Waals surface area contributed by atoms with Gasteiger partial charge in [0, 0.05) is 52.1 Å². The van der Waals surface area contributed by atoms with Crippen LogP contribution in [0, 0.1) is 10.8 Å². The van der Waals surface area contributed by atoms with Gasteiger partial charge in [-0.3, -0.25) is 101 Å². The molecule has 6 amide bonds. The largest absolute Gasteiger partial charge is 0.508 e. The molecule has 111 heavy (non-hydrogen) atoms. The van der Waals surface area contributed by atoms with E-state index < -0.39 is 193 Å². The summed E-state index contributed by atoms with van der Waals surface area (Å²) in [6.45, 7) is 4.82. The highest BCUT2D eigenvalue weighted by atomic mass is 16.3. The highest BCUT2D eigenvalue weighted by molar-refractivity contribution is 6.01. The van der Waals surface area contributed by atoms with Crippen LogP contribution in [0.3, 0.4) is 0 Å². The highest BCUT2D eigenvalue weighted by Gasteiger charge is 2.44. The van der Waals surface area contributed by atoms with Gasteiger partial charge in [0.05, 0.1) is 66.5 Å². The van der Waals surface area contributed by atoms with Crippen molar-refractivity contribution in [3.8, 4) is 5.75 Å². The zero-order valence-corrected chi connectivity index (χ0v) is 61.9. The minimum absolute atomic E-state index is 0.00520. The van der Waals surface area contributed by atoms with E-state index in [0.29, 0.717) is 60.7 Å². The van der Waals surface area contributed by atoms with E-state index in [1.165, 1.54) is 38.1 Å². The topological polar surface area (TPSA) is 648 Å². The quantitative estimate of drug-likeness (QED) is 0.00821. The number of phenols is 1. The van der Waals surface area contributed by atoms with Crippen LogP contribution in [0.4, 0.5) is 0 Å². The van der Waals surface area contributed by atoms with Crippen LogP contribution in [0.1, 0.15) is 102 Å². The molecule has 16 atom stereocenters. The summed E-state index contributed by atoms with van der Waals surface area (Å²) in [5, 5.41) is 61.2. The van der Waals surface area contributed by atoms with E-state index in [-0.39, 0.29) is 76.0 Å². The maximum atomic E-state index is 15.7. The van der Waals surface area contributed by atoms with Gasteiger partial charge in [0.25, 0.3) is 0 Å². The number of rotatable bonds is 60. The van der Waals surface area contributed by atoms with Crippen LogP contribution in [0.5, 0.6) is 5.75 Å². The molecule has 0 bridgehead atoms. The number of hydrogen-bond acceptors (Lipinski definition) is 29. The summed E-state index contributed by atoms with van der Waals surface area (Å²) in [6, 6.07) is 5.82. The molecule has 0 saturated carbocycles. The van der Waals surface area contributed by atoms with E-state index in [4.69, 9.17) is 33.8 Å². The van der Waals surface area contributed by atoms with Crippen LogP contribution in [-0.2, 0) is 106 Å². The molecule has 3 aromatic rings. The maximum absolute atomic E-state index is 15.7. The average Bonchev–Trinajstić information content (AvgIpc) is 0.810. The molecule has 0 radical (unpaired) electrons. The van der Waals surface area contributed by atoms with Crippen molar-refractivity contribution in [2.45, 2.75) is 201 Å². The predicted octanol–water partition coefficient (Wildman–Crippen LogP) is -6.91. The van der Waals surface area contributed by atoms with Crippen molar-refractivity contribution in [3.63, 3.8) is 0 Å². The summed E-state index contributed by atoms with van der Waals surface area (Å²) >= 11 is 0. The number of benzene rings is 3. The molecule has 0 saturated heterocycles. The Hall–Kier alpha value is -11.5. The number of carbonyl (C=O) groups excluding carboxylic acids is 18. The number of aromatic hydroxyl groups is 1. The molecule has 39 heteroatoms. The molecule has 25 N–H and O–H groups in total. The first-order valence-corrected chi connectivity index (χ1v) is 35.3. The lowest BCUT2D eigenvalue weighted by atomic mass is 9.90. The Bertz CT molecular complexity index is 3680. The first-order valence-electron chi connectivity index (χ1n) is 35.3. The van der Waals surface area contributed by atoms with Crippen LogP contribution in [0.15, 0.2) is 84.9 Å². The molecule has 0 fully saturated rings. The zero-order chi connectivity index (χ0) is 82.8. The molecule has 0 aromatic heterocycles. The third-order valence-electron chi connectivity index (χ3n) is 16.9. The van der Waals surface area contributed by atoms with Crippen LogP contribution < -0.4 is 97.4 Å². The highest BCUT2D eigenvalue weighted by Crippen LogP contribution is 2.19. The van der Waals surface area contributed by atoms with Gasteiger partial charge in [-0.25, -0.2) is 0 Å². The minimum Gasteiger partial charge on any atom is -0.508 e. The predicted molar refractivity (Wildman–Crippen MR) is 400 cm³/mol. The number of hydrogen-bond donors (Lipinski definition) is 21. The van der Waals surface area contributed by atoms with Crippen molar-refractivity contribution >= 4 is 121 Å². The van der Waals surface area contributed by atoms with Gasteiger partial charge in [-0.15, -0.1) is 0 Å². The molecule has 3 rings (SSSR count). The lowest BCUT2D eigenvalue weighted by Gasteiger charge is -2.35. The van der Waals surface area contributed by atoms with Crippen molar-refractivity contribution in [1.29, 1.82) is 10.8 Å². The number of carbonyl (C=O) groups is 18. The maximum Gasteiger partial charge on any atom is 0.242 e. The molecular formula is C72H102N20O19. The second-order valence-electron chi connectivity index (χ2n) is 26.5. The number of ketones is 4. The van der Waals surface area contributed by atoms with Crippen LogP contribution in [-0.4, -0.2) is 236 Å². The summed E-state index contributed by atoms with van der Waals surface area (Å²) < 4.78 is 0. The van der Waals surface area contributed by atoms with Gasteiger partial charge in [-0.2, -0.15) is 0 Å². The van der Waals surface area contributed by atoms with Crippen molar-refractivity contribution in [1.82, 2.24) is 74.4 Å². The number of nitrogens with two attached hydrogens (primary N) is 4. The van der Waals surface area contributed by atoms with E-state index in [1.54, 1.807) is 60.7 Å². The molecule has 39 nitrogen and oxygen atoms in total. The number of phenolic OH excluding ortho intramolecular Hbond substituents is 1. The van der Waals surface area contributed by atoms with Gasteiger partial charge >= 0.3 is 0 Å². The van der Waals surface area contributed by atoms with E-state index in [1.807, 2.05) is 0 Å². The van der Waals surface area contributed by atoms with E-state index >= 15 is 14.4 Å². The normalized spacial score (nSPS) is 15.7. The van der Waals surface area contributed by atoms with Gasteiger partial charge in [0.1, 0.15) is 86.2 Å². The third-order valence-corrected chi connectivity index (χ3v) is 16.9.